The van der Waals surface area contributed by atoms with Gasteiger partial charge in [0, 0.05) is 24.6 Å². The first-order chi connectivity index (χ1) is 19.8. The Kier molecular flexibility index (Phi) is 8.72. The van der Waals surface area contributed by atoms with Gasteiger partial charge in [-0.3, -0.25) is 9.52 Å². The van der Waals surface area contributed by atoms with E-state index in [4.69, 9.17) is 16.3 Å². The van der Waals surface area contributed by atoms with Crippen molar-refractivity contribution in [1.29, 1.82) is 0 Å². The number of benzene rings is 3. The third-order valence-corrected chi connectivity index (χ3v) is 8.89. The van der Waals surface area contributed by atoms with Gasteiger partial charge < -0.3 is 15.0 Å². The van der Waals surface area contributed by atoms with Crippen LogP contribution in [0, 0.1) is 5.92 Å². The van der Waals surface area contributed by atoms with Gasteiger partial charge in [-0.2, -0.15) is 0 Å². The highest BCUT2D eigenvalue weighted by molar-refractivity contribution is 7.92. The molecule has 1 aromatic heterocycles. The summed E-state index contributed by atoms with van der Waals surface area (Å²) in [7, 11) is -2.59. The molecule has 41 heavy (non-hydrogen) atoms. The van der Waals surface area contributed by atoms with Crippen molar-refractivity contribution in [3.05, 3.63) is 77.3 Å². The Morgan fingerprint density at radius 2 is 1.80 bits per heavy atom. The Morgan fingerprint density at radius 1 is 1.05 bits per heavy atom. The first-order valence-electron chi connectivity index (χ1n) is 13.5. The van der Waals surface area contributed by atoms with Gasteiger partial charge in [-0.15, -0.1) is 0 Å². The van der Waals surface area contributed by atoms with Gasteiger partial charge in [0.25, 0.3) is 10.0 Å². The average Bonchev–Trinajstić information content (AvgIpc) is 2.98. The van der Waals surface area contributed by atoms with Gasteiger partial charge in [-0.25, -0.2) is 18.4 Å². The van der Waals surface area contributed by atoms with Crippen LogP contribution in [0.5, 0.6) is 5.75 Å². The highest BCUT2D eigenvalue weighted by Crippen LogP contribution is 2.33. The van der Waals surface area contributed by atoms with E-state index in [1.54, 1.807) is 48.5 Å². The fourth-order valence-corrected chi connectivity index (χ4v) is 6.24. The minimum Gasteiger partial charge on any atom is -0.497 e. The monoisotopic (exact) mass is 593 g/mol. The second-order valence-corrected chi connectivity index (χ2v) is 12.1. The standard InChI is InChI=1S/C30H32ClN5O4S/c1-3-36-15-7-8-20(19-36)16-28(37)21-9-6-10-23(17-21)41(38,39)35-30-29(32-25-11-4-5-12-26(25)33-30)34-27-18-22(40-2)13-14-24(27)31/h4-6,9-14,17-18,20H,3,7-8,15-16,19H2,1-2H3,(H,32,34)(H,33,35). The summed E-state index contributed by atoms with van der Waals surface area (Å²) >= 11 is 6.40. The molecule has 0 spiro atoms. The van der Waals surface area contributed by atoms with Crippen molar-refractivity contribution >= 4 is 55.8 Å². The molecule has 2 N–H and O–H groups in total. The quantitative estimate of drug-likeness (QED) is 0.211. The van der Waals surface area contributed by atoms with Crippen molar-refractivity contribution in [2.24, 2.45) is 5.92 Å². The number of nitrogens with zero attached hydrogens (tertiary/aromatic N) is 3. The van der Waals surface area contributed by atoms with Gasteiger partial charge in [-0.1, -0.05) is 42.8 Å². The highest BCUT2D eigenvalue weighted by Gasteiger charge is 2.24. The molecule has 1 atom stereocenters. The van der Waals surface area contributed by atoms with Crippen LogP contribution in [0.1, 0.15) is 36.5 Å². The predicted octanol–water partition coefficient (Wildman–Crippen LogP) is 6.14. The SMILES string of the molecule is CCN1CCCC(CC(=O)c2cccc(S(=O)(=O)Nc3nc4ccccc4nc3Nc3cc(OC)ccc3Cl)c2)C1. The minimum absolute atomic E-state index is 0.0128. The van der Waals surface area contributed by atoms with Crippen molar-refractivity contribution in [3.8, 4) is 5.75 Å². The molecule has 214 valence electrons. The van der Waals surface area contributed by atoms with Gasteiger partial charge >= 0.3 is 0 Å². The molecule has 0 radical (unpaired) electrons. The van der Waals surface area contributed by atoms with Gasteiger partial charge in [0.05, 0.1) is 33.7 Å². The number of likely N-dealkylation sites (tertiary alicyclic amines) is 1. The molecule has 11 heteroatoms. The third kappa shape index (κ3) is 6.78. The van der Waals surface area contributed by atoms with Crippen LogP contribution in [0.25, 0.3) is 11.0 Å². The van der Waals surface area contributed by atoms with E-state index in [0.29, 0.717) is 39.5 Å². The molecule has 2 heterocycles. The number of carbonyl (C=O) groups is 1. The maximum absolute atomic E-state index is 13.6. The second-order valence-electron chi connectivity index (χ2n) is 10.0. The van der Waals surface area contributed by atoms with Crippen LogP contribution in [0.4, 0.5) is 17.3 Å². The third-order valence-electron chi connectivity index (χ3n) is 7.22. The highest BCUT2D eigenvalue weighted by atomic mass is 35.5. The predicted molar refractivity (Wildman–Crippen MR) is 162 cm³/mol. The summed E-state index contributed by atoms with van der Waals surface area (Å²) < 4.78 is 35.0. The zero-order chi connectivity index (χ0) is 29.0. The van der Waals surface area contributed by atoms with E-state index in [9.17, 15) is 13.2 Å². The van der Waals surface area contributed by atoms with Crippen LogP contribution in [-0.2, 0) is 10.0 Å². The van der Waals surface area contributed by atoms with Gasteiger partial charge in [0.2, 0.25) is 0 Å². The molecular weight excluding hydrogens is 562 g/mol. The fourth-order valence-electron chi connectivity index (χ4n) is 5.02. The molecule has 0 amide bonds. The van der Waals surface area contributed by atoms with Crippen LogP contribution >= 0.6 is 11.6 Å². The normalized spacial score (nSPS) is 15.9. The molecule has 0 saturated carbocycles. The molecular formula is C30H32ClN5O4S. The van der Waals surface area contributed by atoms with E-state index in [1.807, 2.05) is 6.07 Å². The van der Waals surface area contributed by atoms with E-state index in [0.717, 1.165) is 32.5 Å². The average molecular weight is 594 g/mol. The summed E-state index contributed by atoms with van der Waals surface area (Å²) in [6, 6.07) is 18.3. The Bertz CT molecular complexity index is 1680. The van der Waals surface area contributed by atoms with Crippen LogP contribution in [0.3, 0.4) is 0 Å². The summed E-state index contributed by atoms with van der Waals surface area (Å²) in [5.74, 6) is 0.906. The number of fused-ring (bicyclic) bond motifs is 1. The van der Waals surface area contributed by atoms with E-state index in [2.05, 4.69) is 31.8 Å². The number of ether oxygens (including phenoxy) is 1. The first-order valence-corrected chi connectivity index (χ1v) is 15.4. The van der Waals surface area contributed by atoms with Crippen molar-refractivity contribution in [2.75, 3.05) is 36.8 Å². The lowest BCUT2D eigenvalue weighted by Gasteiger charge is -2.31. The molecule has 1 aliphatic heterocycles. The number of carbonyl (C=O) groups excluding carboxylic acids is 1. The van der Waals surface area contributed by atoms with E-state index >= 15 is 0 Å². The maximum atomic E-state index is 13.6. The number of hydrogen-bond donors (Lipinski definition) is 2. The summed E-state index contributed by atoms with van der Waals surface area (Å²) in [5, 5.41) is 3.48. The summed E-state index contributed by atoms with van der Waals surface area (Å²) in [4.78, 5) is 24.6. The van der Waals surface area contributed by atoms with Crippen molar-refractivity contribution < 1.29 is 17.9 Å². The molecule has 1 unspecified atom stereocenters. The number of ketones is 1. The zero-order valence-electron chi connectivity index (χ0n) is 22.9. The molecule has 5 rings (SSSR count). The lowest BCUT2D eigenvalue weighted by Crippen LogP contribution is -2.36. The molecule has 3 aromatic carbocycles. The number of methoxy groups -OCH3 is 1. The van der Waals surface area contributed by atoms with Gasteiger partial charge in [-0.05, 0) is 68.2 Å². The number of hydrogen-bond acceptors (Lipinski definition) is 8. The largest absolute Gasteiger partial charge is 0.497 e. The number of nitrogens with one attached hydrogen (secondary N) is 2. The van der Waals surface area contributed by atoms with Crippen molar-refractivity contribution in [3.63, 3.8) is 0 Å². The number of anilines is 3. The zero-order valence-corrected chi connectivity index (χ0v) is 24.5. The molecule has 1 saturated heterocycles. The fraction of sp³-hybridized carbons (Fsp3) is 0.300. The number of aromatic nitrogens is 2. The summed E-state index contributed by atoms with van der Waals surface area (Å²) in [6.45, 7) is 5.02. The van der Waals surface area contributed by atoms with E-state index < -0.39 is 10.0 Å². The first kappa shape index (κ1) is 28.8. The Labute approximate surface area is 245 Å². The van der Waals surface area contributed by atoms with Crippen LogP contribution in [0.15, 0.2) is 71.6 Å². The Morgan fingerprint density at radius 3 is 2.54 bits per heavy atom. The van der Waals surface area contributed by atoms with Gasteiger partial charge in [0.15, 0.2) is 17.4 Å². The Hall–Kier alpha value is -3.73. The van der Waals surface area contributed by atoms with Crippen LogP contribution in [-0.4, -0.2) is 55.8 Å². The van der Waals surface area contributed by atoms with Crippen molar-refractivity contribution in [2.45, 2.75) is 31.1 Å². The molecule has 0 aliphatic carbocycles. The van der Waals surface area contributed by atoms with E-state index in [-0.39, 0.29) is 28.2 Å². The topological polar surface area (TPSA) is 114 Å². The lowest BCUT2D eigenvalue weighted by molar-refractivity contribution is 0.0920. The molecule has 1 fully saturated rings. The number of halogens is 1. The number of sulfonamides is 1. The number of rotatable bonds is 10. The second kappa shape index (κ2) is 12.4. The number of para-hydroxylation sites is 2. The smallest absolute Gasteiger partial charge is 0.263 e. The Balaban J connectivity index is 1.43. The maximum Gasteiger partial charge on any atom is 0.263 e. The summed E-state index contributed by atoms with van der Waals surface area (Å²) in [6.07, 6.45) is 2.45. The van der Waals surface area contributed by atoms with Gasteiger partial charge in [0.1, 0.15) is 5.75 Å². The molecule has 1 aliphatic rings. The molecule has 0 bridgehead atoms. The van der Waals surface area contributed by atoms with E-state index in [1.165, 1.54) is 19.2 Å². The minimum atomic E-state index is -4.13. The van der Waals surface area contributed by atoms with Crippen LogP contribution in [0.2, 0.25) is 5.02 Å². The number of Topliss-reactive ketones (excluding diaryl/α,β-unsaturated/α-hetero) is 1. The number of piperidine rings is 1. The molecule has 4 aromatic rings. The van der Waals surface area contributed by atoms with Crippen molar-refractivity contribution in [1.82, 2.24) is 14.9 Å². The lowest BCUT2D eigenvalue weighted by atomic mass is 9.91. The van der Waals surface area contributed by atoms with Crippen LogP contribution < -0.4 is 14.8 Å². The molecule has 9 nitrogen and oxygen atoms in total. The summed E-state index contributed by atoms with van der Waals surface area (Å²) in [5.41, 5.74) is 1.90.